The number of halogens is 1. The van der Waals surface area contributed by atoms with Crippen LogP contribution in [0.5, 0.6) is 17.2 Å². The molecule has 3 aromatic rings. The van der Waals surface area contributed by atoms with Gasteiger partial charge < -0.3 is 14.2 Å². The molecular formula is C23H19ClN2O5. The molecule has 2 aliphatic rings. The quantitative estimate of drug-likeness (QED) is 0.576. The molecular weight excluding hydrogens is 420 g/mol. The second-order valence-electron chi connectivity index (χ2n) is 7.67. The minimum atomic E-state index is -1.72. The van der Waals surface area contributed by atoms with Crippen molar-refractivity contribution in [3.05, 3.63) is 64.4 Å². The summed E-state index contributed by atoms with van der Waals surface area (Å²) in [5, 5.41) is 4.72. The zero-order valence-corrected chi connectivity index (χ0v) is 17.9. The van der Waals surface area contributed by atoms with Crippen molar-refractivity contribution in [2.75, 3.05) is 14.2 Å². The molecule has 8 heteroatoms. The Morgan fingerprint density at radius 3 is 2.52 bits per heavy atom. The van der Waals surface area contributed by atoms with E-state index >= 15 is 0 Å². The van der Waals surface area contributed by atoms with Gasteiger partial charge in [0.25, 0.3) is 0 Å². The number of carbonyl (C=O) groups excluding carboxylic acids is 2. The van der Waals surface area contributed by atoms with E-state index in [9.17, 15) is 9.59 Å². The average molecular weight is 439 g/mol. The van der Waals surface area contributed by atoms with Crippen molar-refractivity contribution in [2.24, 2.45) is 5.92 Å². The van der Waals surface area contributed by atoms with Crippen molar-refractivity contribution in [3.8, 4) is 22.9 Å². The van der Waals surface area contributed by atoms with Crippen molar-refractivity contribution in [2.45, 2.75) is 18.9 Å². The third-order valence-corrected chi connectivity index (χ3v) is 6.36. The fourth-order valence-electron chi connectivity index (χ4n) is 4.40. The van der Waals surface area contributed by atoms with Gasteiger partial charge in [-0.25, -0.2) is 4.68 Å². The molecule has 1 aliphatic heterocycles. The highest BCUT2D eigenvalue weighted by molar-refractivity contribution is 6.36. The van der Waals surface area contributed by atoms with Crippen LogP contribution in [-0.2, 0) is 6.42 Å². The summed E-state index contributed by atoms with van der Waals surface area (Å²) in [6, 6.07) is 11.0. The summed E-state index contributed by atoms with van der Waals surface area (Å²) < 4.78 is 18.5. The van der Waals surface area contributed by atoms with Crippen LogP contribution in [0.25, 0.3) is 5.69 Å². The highest BCUT2D eigenvalue weighted by Crippen LogP contribution is 2.53. The van der Waals surface area contributed by atoms with Crippen LogP contribution in [0, 0.1) is 5.92 Å². The number of hydrogen-bond acceptors (Lipinski definition) is 6. The summed E-state index contributed by atoms with van der Waals surface area (Å²) in [5.74, 6) is -0.680. The second-order valence-corrected chi connectivity index (χ2v) is 8.05. The molecule has 0 bridgehead atoms. The normalized spacial score (nSPS) is 21.6. The summed E-state index contributed by atoms with van der Waals surface area (Å²) in [6.45, 7) is 1.81. The van der Waals surface area contributed by atoms with Crippen LogP contribution in [0.15, 0.2) is 42.6 Å². The van der Waals surface area contributed by atoms with Crippen LogP contribution in [0.1, 0.15) is 33.3 Å². The number of fused-ring (bicyclic) bond motifs is 2. The van der Waals surface area contributed by atoms with Crippen molar-refractivity contribution < 1.29 is 23.8 Å². The number of nitrogens with zero attached hydrogens (tertiary/aromatic N) is 2. The predicted molar refractivity (Wildman–Crippen MR) is 113 cm³/mol. The predicted octanol–water partition coefficient (Wildman–Crippen LogP) is 3.93. The minimum Gasteiger partial charge on any atom is -0.496 e. The maximum Gasteiger partial charge on any atom is 0.237 e. The van der Waals surface area contributed by atoms with E-state index in [1.807, 2.05) is 37.3 Å². The third kappa shape index (κ3) is 2.56. The Bertz CT molecular complexity index is 1240. The lowest BCUT2D eigenvalue weighted by molar-refractivity contribution is 0.0258. The summed E-state index contributed by atoms with van der Waals surface area (Å²) in [4.78, 5) is 27.4. The first kappa shape index (κ1) is 19.6. The molecule has 1 aliphatic carbocycles. The van der Waals surface area contributed by atoms with Crippen molar-refractivity contribution in [1.29, 1.82) is 0 Å². The van der Waals surface area contributed by atoms with Crippen molar-refractivity contribution in [3.63, 3.8) is 0 Å². The van der Waals surface area contributed by atoms with Gasteiger partial charge in [-0.3, -0.25) is 9.59 Å². The molecule has 0 unspecified atom stereocenters. The smallest absolute Gasteiger partial charge is 0.237 e. The molecule has 2 heterocycles. The Balaban J connectivity index is 1.64. The first-order valence-corrected chi connectivity index (χ1v) is 10.2. The minimum absolute atomic E-state index is 0.113. The van der Waals surface area contributed by atoms with Crippen LogP contribution >= 0.6 is 11.6 Å². The van der Waals surface area contributed by atoms with E-state index in [1.165, 1.54) is 20.3 Å². The Labute approximate surface area is 183 Å². The maximum absolute atomic E-state index is 13.7. The van der Waals surface area contributed by atoms with Crippen molar-refractivity contribution >= 4 is 23.2 Å². The number of ether oxygens (including phenoxy) is 3. The number of aromatic nitrogens is 2. The number of hydrogen-bond donors (Lipinski definition) is 0. The summed E-state index contributed by atoms with van der Waals surface area (Å²) >= 11 is 6.45. The van der Waals surface area contributed by atoms with Crippen LogP contribution in [0.3, 0.4) is 0 Å². The topological polar surface area (TPSA) is 79.7 Å². The number of Topliss-reactive ketones (excluding diaryl/α,β-unsaturated/α-hetero) is 2. The lowest BCUT2D eigenvalue weighted by Gasteiger charge is -2.34. The number of methoxy groups -OCH3 is 2. The number of benzene rings is 2. The van der Waals surface area contributed by atoms with Crippen LogP contribution in [0.2, 0.25) is 5.02 Å². The van der Waals surface area contributed by atoms with E-state index < -0.39 is 23.1 Å². The maximum atomic E-state index is 13.7. The van der Waals surface area contributed by atoms with Crippen LogP contribution < -0.4 is 14.2 Å². The number of ketones is 2. The fourth-order valence-corrected chi connectivity index (χ4v) is 4.66. The summed E-state index contributed by atoms with van der Waals surface area (Å²) in [6.07, 6.45) is 2.05. The molecule has 0 amide bonds. The van der Waals surface area contributed by atoms with Gasteiger partial charge >= 0.3 is 0 Å². The number of para-hydroxylation sites is 1. The molecule has 1 aromatic heterocycles. The Kier molecular flexibility index (Phi) is 4.34. The van der Waals surface area contributed by atoms with Crippen molar-refractivity contribution in [1.82, 2.24) is 9.78 Å². The van der Waals surface area contributed by atoms with E-state index in [0.29, 0.717) is 23.4 Å². The fraction of sp³-hybridized carbons (Fsp3) is 0.261. The zero-order valence-electron chi connectivity index (χ0n) is 17.1. The Hall–Kier alpha value is -3.32. The number of rotatable bonds is 3. The van der Waals surface area contributed by atoms with E-state index in [1.54, 1.807) is 10.9 Å². The SMILES string of the molecule is COc1cc(OC)c2c(c1Cl)O[C@@]1(C(=O)c3cn(-c4ccccc4)nc3C[C@H]1C)C2=O. The average Bonchev–Trinajstić information content (AvgIpc) is 3.34. The lowest BCUT2D eigenvalue weighted by atomic mass is 9.72. The highest BCUT2D eigenvalue weighted by Gasteiger charge is 2.62. The van der Waals surface area contributed by atoms with Crippen LogP contribution in [0.4, 0.5) is 0 Å². The highest BCUT2D eigenvalue weighted by atomic mass is 35.5. The van der Waals surface area contributed by atoms with E-state index in [-0.39, 0.29) is 22.1 Å². The summed E-state index contributed by atoms with van der Waals surface area (Å²) in [7, 11) is 2.90. The molecule has 0 saturated heterocycles. The molecule has 5 rings (SSSR count). The standard InChI is InChI=1S/C23H19ClN2O5/c1-12-9-15-14(11-26(25-15)13-7-5-4-6-8-13)21(27)23(12)22(28)18-16(29-2)10-17(30-3)19(24)20(18)31-23/h4-8,10-12H,9H2,1-3H3/t12-,23+/m1/s1. The van der Waals surface area contributed by atoms with E-state index in [4.69, 9.17) is 25.8 Å². The van der Waals surface area contributed by atoms with E-state index in [0.717, 1.165) is 5.69 Å². The molecule has 7 nitrogen and oxygen atoms in total. The largest absolute Gasteiger partial charge is 0.496 e. The molecule has 158 valence electrons. The molecule has 0 saturated carbocycles. The Morgan fingerprint density at radius 1 is 1.13 bits per heavy atom. The van der Waals surface area contributed by atoms with Gasteiger partial charge in [0.1, 0.15) is 22.1 Å². The molecule has 2 atom stereocenters. The van der Waals surface area contributed by atoms with Gasteiger partial charge in [0.15, 0.2) is 5.75 Å². The van der Waals surface area contributed by atoms with Gasteiger partial charge in [0.05, 0.1) is 31.2 Å². The molecule has 31 heavy (non-hydrogen) atoms. The summed E-state index contributed by atoms with van der Waals surface area (Å²) in [5.41, 5.74) is 0.263. The van der Waals surface area contributed by atoms with Crippen LogP contribution in [-0.4, -0.2) is 41.2 Å². The van der Waals surface area contributed by atoms with Gasteiger partial charge in [-0.05, 0) is 18.6 Å². The van der Waals surface area contributed by atoms with Gasteiger partial charge in [0, 0.05) is 18.2 Å². The first-order valence-electron chi connectivity index (χ1n) is 9.79. The lowest BCUT2D eigenvalue weighted by Crippen LogP contribution is -2.56. The van der Waals surface area contributed by atoms with E-state index in [2.05, 4.69) is 5.10 Å². The Morgan fingerprint density at radius 2 is 1.84 bits per heavy atom. The molecule has 0 radical (unpaired) electrons. The molecule has 2 aromatic carbocycles. The third-order valence-electron chi connectivity index (χ3n) is 6.01. The monoisotopic (exact) mass is 438 g/mol. The molecule has 0 N–H and O–H groups in total. The number of carbonyl (C=O) groups is 2. The van der Waals surface area contributed by atoms with Gasteiger partial charge in [-0.1, -0.05) is 36.7 Å². The van der Waals surface area contributed by atoms with Gasteiger partial charge in [-0.15, -0.1) is 0 Å². The van der Waals surface area contributed by atoms with Gasteiger partial charge in [0.2, 0.25) is 17.2 Å². The first-order chi connectivity index (χ1) is 14.9. The molecule has 0 fully saturated rings. The second kappa shape index (κ2) is 6.85. The zero-order chi connectivity index (χ0) is 21.9. The van der Waals surface area contributed by atoms with Gasteiger partial charge in [-0.2, -0.15) is 5.10 Å². The molecule has 1 spiro atoms.